The van der Waals surface area contributed by atoms with E-state index in [1.807, 2.05) is 44.2 Å². The summed E-state index contributed by atoms with van der Waals surface area (Å²) in [6, 6.07) is 9.83. The van der Waals surface area contributed by atoms with Crippen molar-refractivity contribution in [3.8, 4) is 5.75 Å². The van der Waals surface area contributed by atoms with Gasteiger partial charge in [-0.05, 0) is 41.9 Å². The zero-order chi connectivity index (χ0) is 13.1. The van der Waals surface area contributed by atoms with E-state index in [1.54, 1.807) is 4.68 Å². The fourth-order valence-corrected chi connectivity index (χ4v) is 2.06. The standard InChI is InChI=1S/C13H16BrN3O/c1-9(2)17-13(15)7-10(16-17)8-18-12-6-4-3-5-11(12)14/h3-7,9H,8,15H2,1-2H3. The highest BCUT2D eigenvalue weighted by molar-refractivity contribution is 9.10. The summed E-state index contributed by atoms with van der Waals surface area (Å²) in [4.78, 5) is 0. The maximum Gasteiger partial charge on any atom is 0.134 e. The lowest BCUT2D eigenvalue weighted by Crippen LogP contribution is -2.07. The zero-order valence-electron chi connectivity index (χ0n) is 10.4. The first kappa shape index (κ1) is 13.0. The second-order valence-electron chi connectivity index (χ2n) is 4.32. The van der Waals surface area contributed by atoms with Gasteiger partial charge in [0.05, 0.1) is 4.47 Å². The van der Waals surface area contributed by atoms with E-state index in [9.17, 15) is 0 Å². The van der Waals surface area contributed by atoms with E-state index < -0.39 is 0 Å². The summed E-state index contributed by atoms with van der Waals surface area (Å²) in [5.74, 6) is 1.46. The Balaban J connectivity index is 2.07. The highest BCUT2D eigenvalue weighted by atomic mass is 79.9. The van der Waals surface area contributed by atoms with Crippen molar-refractivity contribution in [2.75, 3.05) is 5.73 Å². The Kier molecular flexibility index (Phi) is 3.91. The number of para-hydroxylation sites is 1. The van der Waals surface area contributed by atoms with Crippen molar-refractivity contribution in [1.82, 2.24) is 9.78 Å². The van der Waals surface area contributed by atoms with Crippen LogP contribution in [0, 0.1) is 0 Å². The van der Waals surface area contributed by atoms with Crippen LogP contribution in [0.1, 0.15) is 25.6 Å². The van der Waals surface area contributed by atoms with Crippen molar-refractivity contribution in [1.29, 1.82) is 0 Å². The van der Waals surface area contributed by atoms with Crippen LogP contribution < -0.4 is 10.5 Å². The van der Waals surface area contributed by atoms with Gasteiger partial charge in [0.15, 0.2) is 0 Å². The quantitative estimate of drug-likeness (QED) is 0.942. The van der Waals surface area contributed by atoms with Crippen LogP contribution in [0.3, 0.4) is 0 Å². The Morgan fingerprint density at radius 2 is 2.11 bits per heavy atom. The fourth-order valence-electron chi connectivity index (χ4n) is 1.66. The van der Waals surface area contributed by atoms with Crippen LogP contribution in [-0.2, 0) is 6.61 Å². The number of aromatic nitrogens is 2. The molecule has 0 radical (unpaired) electrons. The summed E-state index contributed by atoms with van der Waals surface area (Å²) in [5, 5.41) is 4.41. The summed E-state index contributed by atoms with van der Waals surface area (Å²) < 4.78 is 8.41. The molecule has 0 saturated carbocycles. The number of anilines is 1. The molecular weight excluding hydrogens is 294 g/mol. The molecule has 0 aliphatic carbocycles. The number of nitrogens with zero attached hydrogens (tertiary/aromatic N) is 2. The summed E-state index contributed by atoms with van der Waals surface area (Å²) in [7, 11) is 0. The molecule has 5 heteroatoms. The van der Waals surface area contributed by atoms with Crippen LogP contribution in [0.2, 0.25) is 0 Å². The first-order valence-corrected chi connectivity index (χ1v) is 6.58. The first-order chi connectivity index (χ1) is 8.58. The van der Waals surface area contributed by atoms with Crippen molar-refractivity contribution in [3.63, 3.8) is 0 Å². The minimum atomic E-state index is 0.252. The molecule has 0 unspecified atom stereocenters. The topological polar surface area (TPSA) is 53.1 Å². The molecule has 0 spiro atoms. The van der Waals surface area contributed by atoms with Crippen molar-refractivity contribution in [3.05, 3.63) is 40.5 Å². The number of halogens is 1. The molecule has 1 aromatic carbocycles. The maximum atomic E-state index is 5.88. The van der Waals surface area contributed by atoms with E-state index in [1.165, 1.54) is 0 Å². The predicted octanol–water partition coefficient (Wildman–Crippen LogP) is 3.39. The Morgan fingerprint density at radius 1 is 1.39 bits per heavy atom. The molecule has 4 nitrogen and oxygen atoms in total. The molecule has 0 amide bonds. The SMILES string of the molecule is CC(C)n1nc(COc2ccccc2Br)cc1N. The molecule has 0 bridgehead atoms. The Hall–Kier alpha value is -1.49. The largest absolute Gasteiger partial charge is 0.486 e. The van der Waals surface area contributed by atoms with Gasteiger partial charge in [-0.1, -0.05) is 12.1 Å². The molecule has 0 aliphatic heterocycles. The van der Waals surface area contributed by atoms with Gasteiger partial charge < -0.3 is 10.5 Å². The van der Waals surface area contributed by atoms with Crippen LogP contribution in [0.4, 0.5) is 5.82 Å². The second kappa shape index (κ2) is 5.44. The molecule has 1 aromatic heterocycles. The average molecular weight is 310 g/mol. The van der Waals surface area contributed by atoms with Gasteiger partial charge in [-0.3, -0.25) is 0 Å². The highest BCUT2D eigenvalue weighted by Crippen LogP contribution is 2.25. The normalized spacial score (nSPS) is 10.9. The molecular formula is C13H16BrN3O. The lowest BCUT2D eigenvalue weighted by Gasteiger charge is -2.07. The Labute approximate surface area is 115 Å². The van der Waals surface area contributed by atoms with Gasteiger partial charge in [0.1, 0.15) is 23.9 Å². The van der Waals surface area contributed by atoms with Gasteiger partial charge in [0.2, 0.25) is 0 Å². The number of nitrogen functional groups attached to an aromatic ring is 1. The third kappa shape index (κ3) is 2.85. The highest BCUT2D eigenvalue weighted by Gasteiger charge is 2.08. The van der Waals surface area contributed by atoms with Crippen molar-refractivity contribution in [2.45, 2.75) is 26.5 Å². The number of hydrogen-bond acceptors (Lipinski definition) is 3. The van der Waals surface area contributed by atoms with E-state index >= 15 is 0 Å². The maximum absolute atomic E-state index is 5.88. The lowest BCUT2D eigenvalue weighted by atomic mass is 10.3. The number of hydrogen-bond donors (Lipinski definition) is 1. The smallest absolute Gasteiger partial charge is 0.134 e. The molecule has 2 aromatic rings. The number of rotatable bonds is 4. The molecule has 96 valence electrons. The molecule has 2 rings (SSSR count). The van der Waals surface area contributed by atoms with Gasteiger partial charge in [0.25, 0.3) is 0 Å². The van der Waals surface area contributed by atoms with E-state index in [-0.39, 0.29) is 6.04 Å². The van der Waals surface area contributed by atoms with Gasteiger partial charge in [-0.25, -0.2) is 4.68 Å². The summed E-state index contributed by atoms with van der Waals surface area (Å²) in [5.41, 5.74) is 6.71. The van der Waals surface area contributed by atoms with E-state index in [4.69, 9.17) is 10.5 Å². The van der Waals surface area contributed by atoms with Crippen molar-refractivity contribution >= 4 is 21.7 Å². The second-order valence-corrected chi connectivity index (χ2v) is 5.17. The minimum absolute atomic E-state index is 0.252. The number of nitrogens with two attached hydrogens (primary N) is 1. The monoisotopic (exact) mass is 309 g/mol. The molecule has 1 heterocycles. The van der Waals surface area contributed by atoms with E-state index in [2.05, 4.69) is 21.0 Å². The molecule has 0 aliphatic rings. The van der Waals surface area contributed by atoms with E-state index in [0.29, 0.717) is 12.4 Å². The van der Waals surface area contributed by atoms with Crippen LogP contribution >= 0.6 is 15.9 Å². The molecule has 0 fully saturated rings. The van der Waals surface area contributed by atoms with Crippen LogP contribution in [0.15, 0.2) is 34.8 Å². The lowest BCUT2D eigenvalue weighted by molar-refractivity contribution is 0.297. The molecule has 18 heavy (non-hydrogen) atoms. The van der Waals surface area contributed by atoms with Gasteiger partial charge in [0, 0.05) is 12.1 Å². The van der Waals surface area contributed by atoms with Crippen LogP contribution in [0.25, 0.3) is 0 Å². The summed E-state index contributed by atoms with van der Waals surface area (Å²) >= 11 is 3.44. The summed E-state index contributed by atoms with van der Waals surface area (Å²) in [6.07, 6.45) is 0. The number of ether oxygens (including phenoxy) is 1. The van der Waals surface area contributed by atoms with Crippen molar-refractivity contribution in [2.24, 2.45) is 0 Å². The molecule has 2 N–H and O–H groups in total. The third-order valence-corrected chi connectivity index (χ3v) is 3.17. The average Bonchev–Trinajstić information content (AvgIpc) is 2.70. The van der Waals surface area contributed by atoms with Gasteiger partial charge in [-0.2, -0.15) is 5.10 Å². The van der Waals surface area contributed by atoms with Gasteiger partial charge in [-0.15, -0.1) is 0 Å². The molecule has 0 saturated heterocycles. The third-order valence-electron chi connectivity index (χ3n) is 2.52. The summed E-state index contributed by atoms with van der Waals surface area (Å²) in [6.45, 7) is 4.50. The molecule has 0 atom stereocenters. The fraction of sp³-hybridized carbons (Fsp3) is 0.308. The Morgan fingerprint density at radius 3 is 2.72 bits per heavy atom. The zero-order valence-corrected chi connectivity index (χ0v) is 12.0. The van der Waals surface area contributed by atoms with Gasteiger partial charge >= 0.3 is 0 Å². The number of benzene rings is 1. The van der Waals surface area contributed by atoms with Crippen LogP contribution in [-0.4, -0.2) is 9.78 Å². The van der Waals surface area contributed by atoms with Crippen LogP contribution in [0.5, 0.6) is 5.75 Å². The minimum Gasteiger partial charge on any atom is -0.486 e. The predicted molar refractivity (Wildman–Crippen MR) is 75.5 cm³/mol. The van der Waals surface area contributed by atoms with E-state index in [0.717, 1.165) is 15.9 Å². The van der Waals surface area contributed by atoms with Crippen molar-refractivity contribution < 1.29 is 4.74 Å². The Bertz CT molecular complexity index is 537. The first-order valence-electron chi connectivity index (χ1n) is 5.79.